The molecule has 2 aromatic carbocycles. The maximum Gasteiger partial charge on any atom is 0.265 e. The number of aliphatic hydroxyl groups is 1. The lowest BCUT2D eigenvalue weighted by molar-refractivity contribution is -0.147. The summed E-state index contributed by atoms with van der Waals surface area (Å²) in [4.78, 5) is 40.5. The fraction of sp³-hybridized carbons (Fsp3) is 0.346. The van der Waals surface area contributed by atoms with Gasteiger partial charge in [-0.25, -0.2) is 0 Å². The van der Waals surface area contributed by atoms with Crippen LogP contribution >= 0.6 is 46.6 Å². The number of nitrogens with zero attached hydrogens (tertiary/aromatic N) is 1. The minimum atomic E-state index is -1.65. The molecule has 1 aliphatic rings. The van der Waals surface area contributed by atoms with E-state index < -0.39 is 39.5 Å². The maximum absolute atomic E-state index is 13.5. The molecule has 37 heavy (non-hydrogen) atoms. The smallest absolute Gasteiger partial charge is 0.265 e. The molecule has 0 saturated carbocycles. The standard InChI is InChI=1S/C26H28Cl3N3O4S/c1-15-8-6-7-11-18(15)13-30-25(35)21-16(2)37-14-32(21)26(36)22(33)19(12-17-9-4-3-5-10-17)31-24(34)20(27)23(28)29/h3-11,16,19,21-22,33H,12-14H2,1-2H3,(H,30,35)(H,31,34)/t16?,19-,21-,22-/m0/s1. The van der Waals surface area contributed by atoms with Gasteiger partial charge in [-0.1, -0.05) is 96.3 Å². The van der Waals surface area contributed by atoms with Crippen LogP contribution in [0.25, 0.3) is 0 Å². The molecule has 7 nitrogen and oxygen atoms in total. The van der Waals surface area contributed by atoms with Crippen molar-refractivity contribution >= 4 is 64.3 Å². The van der Waals surface area contributed by atoms with Crippen LogP contribution < -0.4 is 10.6 Å². The van der Waals surface area contributed by atoms with Gasteiger partial charge in [0.05, 0.1) is 11.9 Å². The van der Waals surface area contributed by atoms with Crippen LogP contribution in [-0.2, 0) is 27.3 Å². The minimum absolute atomic E-state index is 0.129. The molecule has 0 bridgehead atoms. The highest BCUT2D eigenvalue weighted by Gasteiger charge is 2.43. The van der Waals surface area contributed by atoms with Gasteiger partial charge >= 0.3 is 0 Å². The molecule has 0 radical (unpaired) electrons. The Kier molecular flexibility index (Phi) is 10.7. The summed E-state index contributed by atoms with van der Waals surface area (Å²) in [6.07, 6.45) is -1.52. The van der Waals surface area contributed by atoms with Crippen LogP contribution in [0.2, 0.25) is 0 Å². The molecule has 0 spiro atoms. The largest absolute Gasteiger partial charge is 0.381 e. The molecule has 1 fully saturated rings. The van der Waals surface area contributed by atoms with Crippen LogP contribution in [0.5, 0.6) is 0 Å². The fourth-order valence-electron chi connectivity index (χ4n) is 4.04. The topological polar surface area (TPSA) is 98.7 Å². The molecular weight excluding hydrogens is 557 g/mol. The molecule has 1 aliphatic heterocycles. The van der Waals surface area contributed by atoms with Crippen molar-refractivity contribution in [1.29, 1.82) is 0 Å². The number of amides is 3. The first kappa shape index (κ1) is 29.3. The van der Waals surface area contributed by atoms with Crippen molar-refractivity contribution in [2.45, 2.75) is 50.3 Å². The van der Waals surface area contributed by atoms with Gasteiger partial charge < -0.3 is 20.6 Å². The molecule has 2 aromatic rings. The number of halogens is 3. The van der Waals surface area contributed by atoms with Crippen LogP contribution in [0.15, 0.2) is 64.1 Å². The van der Waals surface area contributed by atoms with Crippen molar-refractivity contribution in [2.75, 3.05) is 5.88 Å². The molecule has 1 saturated heterocycles. The summed E-state index contributed by atoms with van der Waals surface area (Å²) >= 11 is 18.6. The highest BCUT2D eigenvalue weighted by atomic mass is 35.5. The Morgan fingerprint density at radius 3 is 2.38 bits per heavy atom. The van der Waals surface area contributed by atoms with Gasteiger partial charge in [-0.2, -0.15) is 0 Å². The Bertz CT molecular complexity index is 1160. The number of aryl methyl sites for hydroxylation is 1. The average molecular weight is 585 g/mol. The Balaban J connectivity index is 1.77. The van der Waals surface area contributed by atoms with Gasteiger partial charge in [-0.15, -0.1) is 11.8 Å². The molecule has 3 amide bonds. The third-order valence-electron chi connectivity index (χ3n) is 6.14. The van der Waals surface area contributed by atoms with E-state index >= 15 is 0 Å². The molecule has 198 valence electrons. The van der Waals surface area contributed by atoms with E-state index in [1.165, 1.54) is 16.7 Å². The third kappa shape index (κ3) is 7.65. The van der Waals surface area contributed by atoms with E-state index in [1.54, 1.807) is 24.3 Å². The highest BCUT2D eigenvalue weighted by Crippen LogP contribution is 2.30. The second kappa shape index (κ2) is 13.5. The second-order valence-electron chi connectivity index (χ2n) is 8.69. The molecule has 0 aromatic heterocycles. The molecule has 11 heteroatoms. The zero-order chi connectivity index (χ0) is 27.1. The number of carbonyl (C=O) groups excluding carboxylic acids is 3. The summed E-state index contributed by atoms with van der Waals surface area (Å²) in [7, 11) is 0. The fourth-order valence-corrected chi connectivity index (χ4v) is 5.41. The van der Waals surface area contributed by atoms with Gasteiger partial charge in [0.1, 0.15) is 15.6 Å². The molecule has 4 atom stereocenters. The number of hydrogen-bond acceptors (Lipinski definition) is 5. The molecule has 1 heterocycles. The Hall–Kier alpha value is -2.23. The Morgan fingerprint density at radius 1 is 1.08 bits per heavy atom. The van der Waals surface area contributed by atoms with E-state index in [9.17, 15) is 19.5 Å². The SMILES string of the molecule is Cc1ccccc1CNC(=O)[C@@H]1C(C)SCN1C(=O)[C@@H](O)[C@H](Cc1ccccc1)NC(=O)C(Cl)=C(Cl)Cl. The average Bonchev–Trinajstić information content (AvgIpc) is 3.28. The Morgan fingerprint density at radius 2 is 1.73 bits per heavy atom. The van der Waals surface area contributed by atoms with Gasteiger partial charge in [-0.05, 0) is 30.0 Å². The van der Waals surface area contributed by atoms with Crippen molar-refractivity contribution in [3.05, 3.63) is 80.8 Å². The third-order valence-corrected chi connectivity index (χ3v) is 8.28. The van der Waals surface area contributed by atoms with E-state index in [0.29, 0.717) is 6.54 Å². The van der Waals surface area contributed by atoms with Crippen molar-refractivity contribution in [3.8, 4) is 0 Å². The summed E-state index contributed by atoms with van der Waals surface area (Å²) in [5.74, 6) is -1.60. The predicted octanol–water partition coefficient (Wildman–Crippen LogP) is 3.88. The number of benzene rings is 2. The van der Waals surface area contributed by atoms with Gasteiger partial charge in [-0.3, -0.25) is 14.4 Å². The first-order valence-electron chi connectivity index (χ1n) is 11.6. The van der Waals surface area contributed by atoms with Crippen LogP contribution in [0.3, 0.4) is 0 Å². The van der Waals surface area contributed by atoms with Gasteiger partial charge in [0.25, 0.3) is 11.8 Å². The van der Waals surface area contributed by atoms with E-state index in [0.717, 1.165) is 16.7 Å². The van der Waals surface area contributed by atoms with Gasteiger partial charge in [0.15, 0.2) is 6.10 Å². The van der Waals surface area contributed by atoms with Crippen molar-refractivity contribution in [3.63, 3.8) is 0 Å². The molecule has 3 rings (SSSR count). The predicted molar refractivity (Wildman–Crippen MR) is 148 cm³/mol. The van der Waals surface area contributed by atoms with E-state index in [2.05, 4.69) is 10.6 Å². The minimum Gasteiger partial charge on any atom is -0.381 e. The number of hydrogen-bond donors (Lipinski definition) is 3. The monoisotopic (exact) mass is 583 g/mol. The van der Waals surface area contributed by atoms with Gasteiger partial charge in [0, 0.05) is 11.8 Å². The lowest BCUT2D eigenvalue weighted by Crippen LogP contribution is -2.57. The molecule has 1 unspecified atom stereocenters. The summed E-state index contributed by atoms with van der Waals surface area (Å²) in [6.45, 7) is 4.14. The van der Waals surface area contributed by atoms with Crippen molar-refractivity contribution < 1.29 is 19.5 Å². The second-order valence-corrected chi connectivity index (χ2v) is 11.3. The zero-order valence-electron chi connectivity index (χ0n) is 20.3. The first-order valence-corrected chi connectivity index (χ1v) is 13.8. The number of nitrogens with one attached hydrogen (secondary N) is 2. The summed E-state index contributed by atoms with van der Waals surface area (Å²) in [5, 5.41) is 15.9. The van der Waals surface area contributed by atoms with Crippen molar-refractivity contribution in [1.82, 2.24) is 15.5 Å². The first-order chi connectivity index (χ1) is 17.6. The Labute approximate surface area is 235 Å². The lowest BCUT2D eigenvalue weighted by atomic mass is 9.99. The summed E-state index contributed by atoms with van der Waals surface area (Å²) in [6, 6.07) is 14.9. The number of thioether (sulfide) groups is 1. The van der Waals surface area contributed by atoms with Crippen LogP contribution in [-0.4, -0.2) is 57.0 Å². The van der Waals surface area contributed by atoms with E-state index in [1.807, 2.05) is 44.2 Å². The zero-order valence-corrected chi connectivity index (χ0v) is 23.4. The van der Waals surface area contributed by atoms with Crippen molar-refractivity contribution in [2.24, 2.45) is 0 Å². The van der Waals surface area contributed by atoms with Gasteiger partial charge in [0.2, 0.25) is 5.91 Å². The lowest BCUT2D eigenvalue weighted by Gasteiger charge is -2.30. The quantitative estimate of drug-likeness (QED) is 0.389. The normalized spacial score (nSPS) is 18.6. The number of aliphatic hydroxyl groups excluding tert-OH is 1. The number of carbonyl (C=O) groups is 3. The summed E-state index contributed by atoms with van der Waals surface area (Å²) in [5.41, 5.74) is 2.79. The van der Waals surface area contributed by atoms with Crippen LogP contribution in [0.1, 0.15) is 23.6 Å². The van der Waals surface area contributed by atoms with E-state index in [4.69, 9.17) is 34.8 Å². The summed E-state index contributed by atoms with van der Waals surface area (Å²) < 4.78 is -0.436. The van der Waals surface area contributed by atoms with Crippen LogP contribution in [0, 0.1) is 6.92 Å². The highest BCUT2D eigenvalue weighted by molar-refractivity contribution is 8.00. The van der Waals surface area contributed by atoms with E-state index in [-0.39, 0.29) is 23.5 Å². The maximum atomic E-state index is 13.5. The molecule has 0 aliphatic carbocycles. The molecule has 3 N–H and O–H groups in total. The molecular formula is C26H28Cl3N3O4S. The van der Waals surface area contributed by atoms with Crippen LogP contribution in [0.4, 0.5) is 0 Å². The number of rotatable bonds is 9.